The number of nitrogens with zero attached hydrogens (tertiary/aromatic N) is 1. The minimum atomic E-state index is -0.621. The van der Waals surface area contributed by atoms with Gasteiger partial charge in [0.25, 0.3) is 0 Å². The van der Waals surface area contributed by atoms with Crippen molar-refractivity contribution in [3.8, 4) is 5.75 Å². The molecule has 92 valence electrons. The van der Waals surface area contributed by atoms with Crippen molar-refractivity contribution in [1.29, 1.82) is 0 Å². The minimum absolute atomic E-state index is 0.121. The van der Waals surface area contributed by atoms with Crippen molar-refractivity contribution < 1.29 is 19.2 Å². The van der Waals surface area contributed by atoms with E-state index in [0.29, 0.717) is 0 Å². The summed E-state index contributed by atoms with van der Waals surface area (Å²) < 4.78 is 9.77. The molecule has 0 amide bonds. The van der Waals surface area contributed by atoms with Gasteiger partial charge in [0.2, 0.25) is 0 Å². The van der Waals surface area contributed by atoms with Gasteiger partial charge in [0.05, 0.1) is 23.7 Å². The monoisotopic (exact) mass is 239 g/mol. The van der Waals surface area contributed by atoms with Gasteiger partial charge >= 0.3 is 11.7 Å². The average Bonchev–Trinajstić information content (AvgIpc) is 2.27. The summed E-state index contributed by atoms with van der Waals surface area (Å²) in [4.78, 5) is 21.5. The number of esters is 1. The Labute approximate surface area is 98.3 Å². The summed E-state index contributed by atoms with van der Waals surface area (Å²) >= 11 is 0. The molecule has 0 spiro atoms. The number of hydrogen-bond acceptors (Lipinski definition) is 5. The fourth-order valence-electron chi connectivity index (χ4n) is 1.26. The number of nitro groups is 1. The highest BCUT2D eigenvalue weighted by atomic mass is 16.6. The van der Waals surface area contributed by atoms with Crippen molar-refractivity contribution in [2.75, 3.05) is 7.11 Å². The highest BCUT2D eigenvalue weighted by Crippen LogP contribution is 2.29. The van der Waals surface area contributed by atoms with Gasteiger partial charge in [-0.25, -0.2) is 4.79 Å². The van der Waals surface area contributed by atoms with E-state index in [1.54, 1.807) is 13.8 Å². The minimum Gasteiger partial charge on any atom is -0.484 e. The van der Waals surface area contributed by atoms with Gasteiger partial charge in [-0.2, -0.15) is 0 Å². The van der Waals surface area contributed by atoms with Crippen LogP contribution in [-0.4, -0.2) is 24.1 Å². The maximum Gasteiger partial charge on any atom is 0.338 e. The summed E-state index contributed by atoms with van der Waals surface area (Å²) in [7, 11) is 1.21. The van der Waals surface area contributed by atoms with Crippen LogP contribution in [0.2, 0.25) is 0 Å². The number of carbonyl (C=O) groups excluding carboxylic acids is 1. The number of nitro benzene ring substituents is 1. The topological polar surface area (TPSA) is 78.7 Å². The fraction of sp³-hybridized carbons (Fsp3) is 0.364. The van der Waals surface area contributed by atoms with Crippen LogP contribution in [0.4, 0.5) is 5.69 Å². The lowest BCUT2D eigenvalue weighted by molar-refractivity contribution is -0.386. The number of hydrogen-bond donors (Lipinski definition) is 0. The highest BCUT2D eigenvalue weighted by molar-refractivity contribution is 5.90. The van der Waals surface area contributed by atoms with Crippen LogP contribution in [0.25, 0.3) is 0 Å². The largest absolute Gasteiger partial charge is 0.484 e. The maximum atomic E-state index is 11.2. The van der Waals surface area contributed by atoms with Gasteiger partial charge in [-0.15, -0.1) is 0 Å². The van der Waals surface area contributed by atoms with E-state index in [0.717, 1.165) is 6.07 Å². The predicted octanol–water partition coefficient (Wildman–Crippen LogP) is 2.17. The van der Waals surface area contributed by atoms with Gasteiger partial charge in [-0.05, 0) is 26.0 Å². The van der Waals surface area contributed by atoms with Crippen molar-refractivity contribution in [3.05, 3.63) is 33.9 Å². The lowest BCUT2D eigenvalue weighted by Gasteiger charge is -2.10. The van der Waals surface area contributed by atoms with Crippen LogP contribution in [0.15, 0.2) is 18.2 Å². The summed E-state index contributed by atoms with van der Waals surface area (Å²) in [5, 5.41) is 10.8. The number of methoxy groups -OCH3 is 1. The average molecular weight is 239 g/mol. The summed E-state index contributed by atoms with van der Waals surface area (Å²) in [6, 6.07) is 3.96. The van der Waals surface area contributed by atoms with Crippen LogP contribution >= 0.6 is 0 Å². The third-order valence-corrected chi connectivity index (χ3v) is 1.94. The van der Waals surface area contributed by atoms with Crippen LogP contribution < -0.4 is 4.74 Å². The van der Waals surface area contributed by atoms with E-state index < -0.39 is 10.9 Å². The van der Waals surface area contributed by atoms with Crippen LogP contribution in [-0.2, 0) is 4.74 Å². The Morgan fingerprint density at radius 3 is 2.53 bits per heavy atom. The van der Waals surface area contributed by atoms with Crippen molar-refractivity contribution in [2.24, 2.45) is 0 Å². The Morgan fingerprint density at radius 2 is 2.06 bits per heavy atom. The zero-order valence-electron chi connectivity index (χ0n) is 9.80. The molecule has 0 aromatic heterocycles. The van der Waals surface area contributed by atoms with Gasteiger partial charge in [0, 0.05) is 6.07 Å². The lowest BCUT2D eigenvalue weighted by atomic mass is 10.2. The summed E-state index contributed by atoms with van der Waals surface area (Å²) in [5.41, 5.74) is -0.128. The first kappa shape index (κ1) is 13.0. The molecule has 0 N–H and O–H groups in total. The number of carbonyl (C=O) groups is 1. The predicted molar refractivity (Wildman–Crippen MR) is 60.2 cm³/mol. The van der Waals surface area contributed by atoms with E-state index in [2.05, 4.69) is 4.74 Å². The first-order valence-corrected chi connectivity index (χ1v) is 4.99. The molecule has 1 aromatic rings. The van der Waals surface area contributed by atoms with Crippen LogP contribution in [0.3, 0.4) is 0 Å². The van der Waals surface area contributed by atoms with Gasteiger partial charge in [-0.1, -0.05) is 0 Å². The van der Waals surface area contributed by atoms with Crippen molar-refractivity contribution in [2.45, 2.75) is 20.0 Å². The van der Waals surface area contributed by atoms with Crippen molar-refractivity contribution >= 4 is 11.7 Å². The number of benzene rings is 1. The van der Waals surface area contributed by atoms with E-state index in [1.165, 1.54) is 19.2 Å². The zero-order chi connectivity index (χ0) is 13.0. The second kappa shape index (κ2) is 5.29. The van der Waals surface area contributed by atoms with E-state index in [9.17, 15) is 14.9 Å². The van der Waals surface area contributed by atoms with Gasteiger partial charge in [0.1, 0.15) is 0 Å². The second-order valence-electron chi connectivity index (χ2n) is 3.60. The Balaban J connectivity index is 3.17. The quantitative estimate of drug-likeness (QED) is 0.457. The molecule has 0 fully saturated rings. The first-order valence-electron chi connectivity index (χ1n) is 4.99. The molecule has 1 aromatic carbocycles. The Kier molecular flexibility index (Phi) is 4.03. The normalized spacial score (nSPS) is 10.1. The van der Waals surface area contributed by atoms with Gasteiger partial charge < -0.3 is 9.47 Å². The van der Waals surface area contributed by atoms with Crippen LogP contribution in [0, 0.1) is 10.1 Å². The molecular weight excluding hydrogens is 226 g/mol. The lowest BCUT2D eigenvalue weighted by Crippen LogP contribution is -2.09. The molecule has 6 nitrogen and oxygen atoms in total. The molecule has 0 bridgehead atoms. The van der Waals surface area contributed by atoms with E-state index in [1.807, 2.05) is 0 Å². The Morgan fingerprint density at radius 1 is 1.41 bits per heavy atom. The van der Waals surface area contributed by atoms with E-state index in [-0.39, 0.29) is 23.1 Å². The van der Waals surface area contributed by atoms with Crippen LogP contribution in [0.5, 0.6) is 5.75 Å². The zero-order valence-corrected chi connectivity index (χ0v) is 9.80. The molecule has 0 aliphatic heterocycles. The smallest absolute Gasteiger partial charge is 0.338 e. The molecule has 0 atom stereocenters. The molecule has 0 aliphatic carbocycles. The summed E-state index contributed by atoms with van der Waals surface area (Å²) in [6.45, 7) is 3.52. The maximum absolute atomic E-state index is 11.2. The Bertz CT molecular complexity index is 441. The third-order valence-electron chi connectivity index (χ3n) is 1.94. The highest BCUT2D eigenvalue weighted by Gasteiger charge is 2.19. The third kappa shape index (κ3) is 3.17. The van der Waals surface area contributed by atoms with Gasteiger partial charge in [0.15, 0.2) is 5.75 Å². The van der Waals surface area contributed by atoms with E-state index >= 15 is 0 Å². The molecule has 0 aliphatic rings. The van der Waals surface area contributed by atoms with Crippen LogP contribution in [0.1, 0.15) is 24.2 Å². The molecule has 0 saturated heterocycles. The molecule has 0 saturated carbocycles. The molecule has 0 radical (unpaired) electrons. The first-order chi connectivity index (χ1) is 7.95. The van der Waals surface area contributed by atoms with Crippen molar-refractivity contribution in [1.82, 2.24) is 0 Å². The summed E-state index contributed by atoms with van der Waals surface area (Å²) in [6.07, 6.45) is -0.183. The molecule has 1 rings (SSSR count). The molecule has 6 heteroatoms. The van der Waals surface area contributed by atoms with Gasteiger partial charge in [-0.3, -0.25) is 10.1 Å². The number of ether oxygens (including phenoxy) is 2. The van der Waals surface area contributed by atoms with E-state index in [4.69, 9.17) is 4.74 Å². The molecular formula is C11H13NO5. The molecule has 0 unspecified atom stereocenters. The fourth-order valence-corrected chi connectivity index (χ4v) is 1.26. The standard InChI is InChI=1S/C11H13NO5/c1-7(2)17-10-5-4-8(11(13)16-3)6-9(10)12(14)15/h4-7H,1-3H3. The second-order valence-corrected chi connectivity index (χ2v) is 3.60. The molecule has 17 heavy (non-hydrogen) atoms. The summed E-state index contributed by atoms with van der Waals surface area (Å²) in [5.74, 6) is -0.484. The number of rotatable bonds is 4. The Hall–Kier alpha value is -2.11. The SMILES string of the molecule is COC(=O)c1ccc(OC(C)C)c([N+](=O)[O-])c1. The molecule has 0 heterocycles. The van der Waals surface area contributed by atoms with Crippen molar-refractivity contribution in [3.63, 3.8) is 0 Å².